The number of halogens is 2. The van der Waals surface area contributed by atoms with Gasteiger partial charge in [-0.05, 0) is 41.3 Å². The molecule has 0 radical (unpaired) electrons. The second-order valence-corrected chi connectivity index (χ2v) is 6.73. The first-order valence-corrected chi connectivity index (χ1v) is 8.05. The highest BCUT2D eigenvalue weighted by molar-refractivity contribution is 8.13. The smallest absolute Gasteiger partial charge is 0.207 e. The van der Waals surface area contributed by atoms with Crippen molar-refractivity contribution in [2.24, 2.45) is 0 Å². The minimum Gasteiger partial charge on any atom is -0.207 e. The maximum atomic E-state index is 13.5. The maximum absolute atomic E-state index is 13.5. The summed E-state index contributed by atoms with van der Waals surface area (Å²) in [5, 5.41) is 0. The van der Waals surface area contributed by atoms with E-state index in [4.69, 9.17) is 10.7 Å². The van der Waals surface area contributed by atoms with Gasteiger partial charge in [-0.25, -0.2) is 12.8 Å². The molecule has 0 aliphatic carbocycles. The van der Waals surface area contributed by atoms with Crippen LogP contribution in [0.5, 0.6) is 0 Å². The molecule has 0 unspecified atom stereocenters. The lowest BCUT2D eigenvalue weighted by molar-refractivity contribution is 0.602. The van der Waals surface area contributed by atoms with Crippen LogP contribution in [-0.2, 0) is 15.5 Å². The molecule has 100 valence electrons. The number of hydrogen-bond acceptors (Lipinski definition) is 2. The molecule has 19 heavy (non-hydrogen) atoms. The third kappa shape index (κ3) is 3.33. The summed E-state index contributed by atoms with van der Waals surface area (Å²) in [7, 11) is 1.31. The largest absolute Gasteiger partial charge is 0.261 e. The first kappa shape index (κ1) is 14.0. The van der Waals surface area contributed by atoms with E-state index in [1.54, 1.807) is 0 Å². The number of rotatable bonds is 3. The second-order valence-electron chi connectivity index (χ2n) is 4.16. The highest BCUT2D eigenvalue weighted by Crippen LogP contribution is 2.26. The third-order valence-electron chi connectivity index (χ3n) is 2.85. The van der Waals surface area contributed by atoms with E-state index in [-0.39, 0.29) is 4.90 Å². The van der Waals surface area contributed by atoms with Gasteiger partial charge in [-0.3, -0.25) is 0 Å². The lowest BCUT2D eigenvalue weighted by Gasteiger charge is -2.05. The van der Waals surface area contributed by atoms with Crippen LogP contribution in [0.2, 0.25) is 0 Å². The van der Waals surface area contributed by atoms with Crippen molar-refractivity contribution in [2.75, 3.05) is 0 Å². The van der Waals surface area contributed by atoms with Crippen molar-refractivity contribution < 1.29 is 12.8 Å². The Hall–Kier alpha value is -1.39. The minimum atomic E-state index is -3.94. The molecule has 0 aliphatic heterocycles. The van der Waals surface area contributed by atoms with Crippen LogP contribution in [0, 0.1) is 5.82 Å². The molecular formula is C14H12ClFO2S. The van der Waals surface area contributed by atoms with E-state index in [1.807, 2.05) is 31.2 Å². The first-order chi connectivity index (χ1) is 8.90. The fourth-order valence-corrected chi connectivity index (χ4v) is 2.59. The summed E-state index contributed by atoms with van der Waals surface area (Å²) in [4.78, 5) is -0.233. The van der Waals surface area contributed by atoms with Crippen LogP contribution in [0.25, 0.3) is 11.1 Å². The molecule has 2 rings (SSSR count). The highest BCUT2D eigenvalue weighted by atomic mass is 35.7. The zero-order chi connectivity index (χ0) is 14.0. The Bertz CT molecular complexity index is 694. The van der Waals surface area contributed by atoms with Gasteiger partial charge < -0.3 is 0 Å². The molecule has 0 saturated heterocycles. The lowest BCUT2D eigenvalue weighted by atomic mass is 10.0. The average molecular weight is 299 g/mol. The van der Waals surface area contributed by atoms with E-state index in [2.05, 4.69) is 0 Å². The second kappa shape index (κ2) is 5.31. The van der Waals surface area contributed by atoms with Crippen molar-refractivity contribution in [3.8, 4) is 11.1 Å². The molecule has 0 aliphatic rings. The quantitative estimate of drug-likeness (QED) is 0.803. The fraction of sp³-hybridized carbons (Fsp3) is 0.143. The molecule has 2 aromatic carbocycles. The molecule has 0 spiro atoms. The van der Waals surface area contributed by atoms with Crippen molar-refractivity contribution in [3.63, 3.8) is 0 Å². The van der Waals surface area contributed by atoms with Crippen molar-refractivity contribution in [3.05, 3.63) is 53.8 Å². The molecule has 0 heterocycles. The zero-order valence-corrected chi connectivity index (χ0v) is 11.8. The summed E-state index contributed by atoms with van der Waals surface area (Å²) in [5.74, 6) is -0.628. The van der Waals surface area contributed by atoms with E-state index in [0.29, 0.717) is 5.56 Å². The number of benzene rings is 2. The molecule has 2 nitrogen and oxygen atoms in total. The van der Waals surface area contributed by atoms with E-state index < -0.39 is 14.9 Å². The Morgan fingerprint density at radius 1 is 1.05 bits per heavy atom. The van der Waals surface area contributed by atoms with E-state index >= 15 is 0 Å². The predicted molar refractivity (Wildman–Crippen MR) is 74.3 cm³/mol. The maximum Gasteiger partial charge on any atom is 0.261 e. The molecular weight excluding hydrogens is 287 g/mol. The van der Waals surface area contributed by atoms with Crippen LogP contribution in [0.1, 0.15) is 12.5 Å². The summed E-state index contributed by atoms with van der Waals surface area (Å²) in [5.41, 5.74) is 2.39. The van der Waals surface area contributed by atoms with Gasteiger partial charge >= 0.3 is 0 Å². The molecule has 0 atom stereocenters. The van der Waals surface area contributed by atoms with Crippen LogP contribution >= 0.6 is 10.7 Å². The molecule has 0 bridgehead atoms. The van der Waals surface area contributed by atoms with E-state index in [0.717, 1.165) is 23.6 Å². The van der Waals surface area contributed by atoms with Gasteiger partial charge in [0.05, 0.1) is 4.90 Å². The number of aryl methyl sites for hydroxylation is 1. The summed E-state index contributed by atoms with van der Waals surface area (Å²) >= 11 is 0. The Morgan fingerprint density at radius 2 is 1.68 bits per heavy atom. The highest BCUT2D eigenvalue weighted by Gasteiger charge is 2.13. The average Bonchev–Trinajstić information content (AvgIpc) is 2.37. The monoisotopic (exact) mass is 298 g/mol. The van der Waals surface area contributed by atoms with Crippen LogP contribution in [0.15, 0.2) is 47.4 Å². The van der Waals surface area contributed by atoms with Gasteiger partial charge in [0, 0.05) is 10.7 Å². The standard InChI is InChI=1S/C14H12ClFO2S/c1-2-10-3-5-11(6-4-10)12-7-13(16)9-14(8-12)19(15,17)18/h3-9H,2H2,1H3. The zero-order valence-electron chi connectivity index (χ0n) is 10.2. The van der Waals surface area contributed by atoms with Crippen LogP contribution in [-0.4, -0.2) is 8.42 Å². The van der Waals surface area contributed by atoms with Crippen molar-refractivity contribution >= 4 is 19.7 Å². The van der Waals surface area contributed by atoms with Crippen molar-refractivity contribution in [1.82, 2.24) is 0 Å². The fourth-order valence-electron chi connectivity index (χ4n) is 1.80. The molecule has 0 amide bonds. The van der Waals surface area contributed by atoms with Crippen molar-refractivity contribution in [2.45, 2.75) is 18.2 Å². The van der Waals surface area contributed by atoms with Crippen molar-refractivity contribution in [1.29, 1.82) is 0 Å². The summed E-state index contributed by atoms with van der Waals surface area (Å²) in [6.07, 6.45) is 0.907. The third-order valence-corrected chi connectivity index (χ3v) is 4.18. The van der Waals surface area contributed by atoms with Gasteiger partial charge in [-0.1, -0.05) is 31.2 Å². The minimum absolute atomic E-state index is 0.233. The van der Waals surface area contributed by atoms with Gasteiger partial charge in [-0.2, -0.15) is 0 Å². The Balaban J connectivity index is 2.52. The Morgan fingerprint density at radius 3 is 2.21 bits per heavy atom. The van der Waals surface area contributed by atoms with E-state index in [1.165, 1.54) is 12.1 Å². The van der Waals surface area contributed by atoms with Crippen LogP contribution < -0.4 is 0 Å². The Kier molecular flexibility index (Phi) is 3.92. The van der Waals surface area contributed by atoms with Gasteiger partial charge in [-0.15, -0.1) is 0 Å². The van der Waals surface area contributed by atoms with Crippen LogP contribution in [0.3, 0.4) is 0 Å². The molecule has 5 heteroatoms. The Labute approximate surface area is 116 Å². The van der Waals surface area contributed by atoms with Crippen LogP contribution in [0.4, 0.5) is 4.39 Å². The van der Waals surface area contributed by atoms with Gasteiger partial charge in [0.25, 0.3) is 9.05 Å². The van der Waals surface area contributed by atoms with E-state index in [9.17, 15) is 12.8 Å². The summed E-state index contributed by atoms with van der Waals surface area (Å²) in [6.45, 7) is 2.04. The molecule has 0 fully saturated rings. The molecule has 0 saturated carbocycles. The molecule has 0 N–H and O–H groups in total. The first-order valence-electron chi connectivity index (χ1n) is 5.74. The van der Waals surface area contributed by atoms with Gasteiger partial charge in [0.2, 0.25) is 0 Å². The summed E-state index contributed by atoms with van der Waals surface area (Å²) in [6, 6.07) is 11.1. The number of hydrogen-bond donors (Lipinski definition) is 0. The SMILES string of the molecule is CCc1ccc(-c2cc(F)cc(S(=O)(=O)Cl)c2)cc1. The van der Waals surface area contributed by atoms with Gasteiger partial charge in [0.1, 0.15) is 5.82 Å². The normalized spacial score (nSPS) is 11.5. The summed E-state index contributed by atoms with van der Waals surface area (Å²) < 4.78 is 36.0. The lowest BCUT2D eigenvalue weighted by Crippen LogP contribution is -1.93. The molecule has 0 aromatic heterocycles. The van der Waals surface area contributed by atoms with Gasteiger partial charge in [0.15, 0.2) is 0 Å². The predicted octanol–water partition coefficient (Wildman–Crippen LogP) is 3.98. The topological polar surface area (TPSA) is 34.1 Å². The molecule has 2 aromatic rings.